The van der Waals surface area contributed by atoms with Gasteiger partial charge in [0.25, 0.3) is 5.91 Å². The highest BCUT2D eigenvalue weighted by Gasteiger charge is 2.18. The van der Waals surface area contributed by atoms with Crippen LogP contribution in [0, 0.1) is 5.92 Å². The van der Waals surface area contributed by atoms with Gasteiger partial charge in [0.05, 0.1) is 6.61 Å². The zero-order valence-electron chi connectivity index (χ0n) is 14.1. The fraction of sp³-hybridized carbons (Fsp3) is 0.529. The quantitative estimate of drug-likeness (QED) is 0.705. The summed E-state index contributed by atoms with van der Waals surface area (Å²) in [5, 5.41) is 2.71. The zero-order valence-corrected chi connectivity index (χ0v) is 14.1. The predicted molar refractivity (Wildman–Crippen MR) is 86.5 cm³/mol. The standard InChI is InChI=1S/C17H25NO5/c1-5-21-14-6-8-15(9-7-14)22-11-16(19)23-13(4)17(20)18-10-12(2)3/h6-9,12-13H,5,10-11H2,1-4H3,(H,18,20)/t13-/m1/s1. The van der Waals surface area contributed by atoms with E-state index in [2.05, 4.69) is 5.32 Å². The molecular weight excluding hydrogens is 298 g/mol. The predicted octanol–water partition coefficient (Wildman–Crippen LogP) is 2.17. The van der Waals surface area contributed by atoms with Crippen molar-refractivity contribution in [1.82, 2.24) is 5.32 Å². The first-order valence-electron chi connectivity index (χ1n) is 7.75. The van der Waals surface area contributed by atoms with Crippen LogP contribution in [0.3, 0.4) is 0 Å². The Balaban J connectivity index is 2.34. The van der Waals surface area contributed by atoms with Crippen molar-refractivity contribution in [2.75, 3.05) is 19.8 Å². The first-order valence-corrected chi connectivity index (χ1v) is 7.75. The summed E-state index contributed by atoms with van der Waals surface area (Å²) in [7, 11) is 0. The highest BCUT2D eigenvalue weighted by Crippen LogP contribution is 2.17. The highest BCUT2D eigenvalue weighted by molar-refractivity contribution is 5.83. The van der Waals surface area contributed by atoms with Gasteiger partial charge in [-0.2, -0.15) is 0 Å². The van der Waals surface area contributed by atoms with Crippen LogP contribution < -0.4 is 14.8 Å². The van der Waals surface area contributed by atoms with E-state index in [0.29, 0.717) is 24.8 Å². The van der Waals surface area contributed by atoms with Crippen LogP contribution >= 0.6 is 0 Å². The van der Waals surface area contributed by atoms with Crippen molar-refractivity contribution >= 4 is 11.9 Å². The van der Waals surface area contributed by atoms with Gasteiger partial charge in [-0.05, 0) is 44.0 Å². The van der Waals surface area contributed by atoms with Crippen molar-refractivity contribution in [1.29, 1.82) is 0 Å². The number of esters is 1. The third-order valence-corrected chi connectivity index (χ3v) is 2.85. The molecule has 0 aromatic heterocycles. The summed E-state index contributed by atoms with van der Waals surface area (Å²) in [5.74, 6) is 0.698. The number of carbonyl (C=O) groups excluding carboxylic acids is 2. The lowest BCUT2D eigenvalue weighted by Crippen LogP contribution is -2.38. The van der Waals surface area contributed by atoms with E-state index in [4.69, 9.17) is 14.2 Å². The van der Waals surface area contributed by atoms with Gasteiger partial charge >= 0.3 is 5.97 Å². The summed E-state index contributed by atoms with van der Waals surface area (Å²) in [4.78, 5) is 23.4. The van der Waals surface area contributed by atoms with E-state index >= 15 is 0 Å². The van der Waals surface area contributed by atoms with Crippen LogP contribution in [-0.4, -0.2) is 37.7 Å². The van der Waals surface area contributed by atoms with Crippen molar-refractivity contribution in [3.63, 3.8) is 0 Å². The minimum atomic E-state index is -0.842. The third kappa shape index (κ3) is 7.54. The molecule has 0 spiro atoms. The van der Waals surface area contributed by atoms with Gasteiger partial charge in [0.15, 0.2) is 12.7 Å². The Labute approximate surface area is 137 Å². The molecule has 0 radical (unpaired) electrons. The molecule has 1 rings (SSSR count). The van der Waals surface area contributed by atoms with E-state index in [1.165, 1.54) is 6.92 Å². The number of carbonyl (C=O) groups is 2. The summed E-state index contributed by atoms with van der Waals surface area (Å²) in [6, 6.07) is 6.92. The molecule has 1 amide bonds. The maximum absolute atomic E-state index is 11.7. The molecule has 128 valence electrons. The molecule has 0 aliphatic carbocycles. The molecule has 0 saturated carbocycles. The third-order valence-electron chi connectivity index (χ3n) is 2.85. The number of ether oxygens (including phenoxy) is 3. The molecule has 0 saturated heterocycles. The van der Waals surface area contributed by atoms with Crippen LogP contribution in [0.25, 0.3) is 0 Å². The maximum Gasteiger partial charge on any atom is 0.344 e. The molecule has 1 aromatic carbocycles. The highest BCUT2D eigenvalue weighted by atomic mass is 16.6. The largest absolute Gasteiger partial charge is 0.494 e. The summed E-state index contributed by atoms with van der Waals surface area (Å²) in [6.45, 7) is 8.29. The second kappa shape index (κ2) is 9.71. The van der Waals surface area contributed by atoms with Gasteiger partial charge < -0.3 is 19.5 Å². The molecule has 0 fully saturated rings. The summed E-state index contributed by atoms with van der Waals surface area (Å²) >= 11 is 0. The molecule has 6 heteroatoms. The lowest BCUT2D eigenvalue weighted by molar-refractivity contribution is -0.156. The Kier molecular flexibility index (Phi) is 7.94. The Morgan fingerprint density at radius 2 is 1.61 bits per heavy atom. The molecule has 0 aliphatic heterocycles. The summed E-state index contributed by atoms with van der Waals surface area (Å²) < 4.78 is 15.7. The summed E-state index contributed by atoms with van der Waals surface area (Å²) in [5.41, 5.74) is 0. The van der Waals surface area contributed by atoms with Gasteiger partial charge in [0, 0.05) is 6.54 Å². The number of hydrogen-bond acceptors (Lipinski definition) is 5. The van der Waals surface area contributed by atoms with E-state index in [1.54, 1.807) is 24.3 Å². The molecule has 23 heavy (non-hydrogen) atoms. The zero-order chi connectivity index (χ0) is 17.2. The molecule has 6 nitrogen and oxygen atoms in total. The fourth-order valence-electron chi connectivity index (χ4n) is 1.67. The SMILES string of the molecule is CCOc1ccc(OCC(=O)O[C@H](C)C(=O)NCC(C)C)cc1. The summed E-state index contributed by atoms with van der Waals surface area (Å²) in [6.07, 6.45) is -0.842. The van der Waals surface area contributed by atoms with Crippen LogP contribution in [0.2, 0.25) is 0 Å². The number of amides is 1. The molecule has 0 bridgehead atoms. The smallest absolute Gasteiger partial charge is 0.344 e. The lowest BCUT2D eigenvalue weighted by Gasteiger charge is -2.15. The minimum absolute atomic E-state index is 0.254. The van der Waals surface area contributed by atoms with Crippen LogP contribution in [0.4, 0.5) is 0 Å². The molecule has 1 aromatic rings. The Morgan fingerprint density at radius 1 is 1.04 bits per heavy atom. The van der Waals surface area contributed by atoms with E-state index in [0.717, 1.165) is 5.75 Å². The van der Waals surface area contributed by atoms with Crippen molar-refractivity contribution in [3.05, 3.63) is 24.3 Å². The van der Waals surface area contributed by atoms with Crippen molar-refractivity contribution in [3.8, 4) is 11.5 Å². The second-order valence-electron chi connectivity index (χ2n) is 5.46. The normalized spacial score (nSPS) is 11.7. The number of hydrogen-bond donors (Lipinski definition) is 1. The van der Waals surface area contributed by atoms with E-state index < -0.39 is 12.1 Å². The van der Waals surface area contributed by atoms with Crippen molar-refractivity contribution < 1.29 is 23.8 Å². The van der Waals surface area contributed by atoms with E-state index in [1.807, 2.05) is 20.8 Å². The Morgan fingerprint density at radius 3 is 2.13 bits per heavy atom. The van der Waals surface area contributed by atoms with Crippen LogP contribution in [-0.2, 0) is 14.3 Å². The molecule has 0 heterocycles. The van der Waals surface area contributed by atoms with Crippen LogP contribution in [0.5, 0.6) is 11.5 Å². The van der Waals surface area contributed by atoms with Crippen LogP contribution in [0.15, 0.2) is 24.3 Å². The Bertz CT molecular complexity index is 498. The molecule has 1 atom stereocenters. The average Bonchev–Trinajstić information content (AvgIpc) is 2.52. The number of nitrogens with one attached hydrogen (secondary N) is 1. The molecule has 1 N–H and O–H groups in total. The fourth-order valence-corrected chi connectivity index (χ4v) is 1.67. The first-order chi connectivity index (χ1) is 10.9. The number of rotatable bonds is 9. The molecule has 0 aliphatic rings. The molecule has 0 unspecified atom stereocenters. The van der Waals surface area contributed by atoms with Crippen LogP contribution in [0.1, 0.15) is 27.7 Å². The lowest BCUT2D eigenvalue weighted by atomic mass is 10.2. The maximum atomic E-state index is 11.7. The molecular formula is C17H25NO5. The number of benzene rings is 1. The van der Waals surface area contributed by atoms with E-state index in [9.17, 15) is 9.59 Å². The Hall–Kier alpha value is -2.24. The van der Waals surface area contributed by atoms with E-state index in [-0.39, 0.29) is 12.5 Å². The first kappa shape index (κ1) is 18.8. The minimum Gasteiger partial charge on any atom is -0.494 e. The van der Waals surface area contributed by atoms with Gasteiger partial charge in [-0.1, -0.05) is 13.8 Å². The van der Waals surface area contributed by atoms with Gasteiger partial charge in [-0.25, -0.2) is 4.79 Å². The van der Waals surface area contributed by atoms with Crippen molar-refractivity contribution in [2.24, 2.45) is 5.92 Å². The average molecular weight is 323 g/mol. The van der Waals surface area contributed by atoms with Gasteiger partial charge in [0.1, 0.15) is 11.5 Å². The second-order valence-corrected chi connectivity index (χ2v) is 5.46. The van der Waals surface area contributed by atoms with Gasteiger partial charge in [-0.3, -0.25) is 4.79 Å². The van der Waals surface area contributed by atoms with Gasteiger partial charge in [0.2, 0.25) is 0 Å². The van der Waals surface area contributed by atoms with Gasteiger partial charge in [-0.15, -0.1) is 0 Å². The van der Waals surface area contributed by atoms with Crippen molar-refractivity contribution in [2.45, 2.75) is 33.8 Å². The topological polar surface area (TPSA) is 73.9 Å². The monoisotopic (exact) mass is 323 g/mol.